The number of aromatic nitrogens is 3. The molecule has 0 spiro atoms. The largest absolute Gasteiger partial charge is 0.300 e. The molecular formula is C18H18N4OS. The lowest BCUT2D eigenvalue weighted by Crippen LogP contribution is -2.21. The fraction of sp³-hybridized carbons (Fsp3) is 0.222. The van der Waals surface area contributed by atoms with Gasteiger partial charge in [0.2, 0.25) is 11.0 Å². The molecule has 0 aliphatic carbocycles. The van der Waals surface area contributed by atoms with Gasteiger partial charge in [-0.05, 0) is 24.1 Å². The molecule has 0 aliphatic rings. The third-order valence-corrected chi connectivity index (χ3v) is 4.50. The second-order valence-electron chi connectivity index (χ2n) is 5.37. The van der Waals surface area contributed by atoms with E-state index in [0.717, 1.165) is 24.1 Å². The van der Waals surface area contributed by atoms with Crippen molar-refractivity contribution in [3.05, 3.63) is 60.3 Å². The van der Waals surface area contributed by atoms with Crippen molar-refractivity contribution in [2.24, 2.45) is 0 Å². The van der Waals surface area contributed by atoms with Crippen molar-refractivity contribution < 1.29 is 4.79 Å². The second kappa shape index (κ2) is 7.79. The van der Waals surface area contributed by atoms with Gasteiger partial charge in [-0.2, -0.15) is 0 Å². The molecule has 1 amide bonds. The molecule has 0 fully saturated rings. The average Bonchev–Trinajstić information content (AvgIpc) is 3.09. The number of pyridine rings is 1. The van der Waals surface area contributed by atoms with Gasteiger partial charge in [-0.1, -0.05) is 61.1 Å². The van der Waals surface area contributed by atoms with E-state index in [-0.39, 0.29) is 11.8 Å². The van der Waals surface area contributed by atoms with Gasteiger partial charge >= 0.3 is 0 Å². The van der Waals surface area contributed by atoms with Gasteiger partial charge in [0.05, 0.1) is 5.92 Å². The Labute approximate surface area is 144 Å². The van der Waals surface area contributed by atoms with Gasteiger partial charge in [0.15, 0.2) is 5.01 Å². The zero-order valence-corrected chi connectivity index (χ0v) is 14.2. The number of hydrogen-bond acceptors (Lipinski definition) is 5. The molecule has 6 heteroatoms. The number of nitrogens with zero attached hydrogens (tertiary/aromatic N) is 3. The Bertz CT molecular complexity index is 789. The van der Waals surface area contributed by atoms with Gasteiger partial charge < -0.3 is 0 Å². The topological polar surface area (TPSA) is 67.8 Å². The lowest BCUT2D eigenvalue weighted by atomic mass is 9.94. The van der Waals surface area contributed by atoms with E-state index in [4.69, 9.17) is 0 Å². The summed E-state index contributed by atoms with van der Waals surface area (Å²) in [6, 6.07) is 15.4. The van der Waals surface area contributed by atoms with Crippen molar-refractivity contribution in [1.82, 2.24) is 15.2 Å². The molecule has 1 atom stereocenters. The van der Waals surface area contributed by atoms with Crippen molar-refractivity contribution in [3.63, 3.8) is 0 Å². The molecule has 3 rings (SSSR count). The maximum Gasteiger partial charge on any atom is 0.233 e. The van der Waals surface area contributed by atoms with E-state index in [1.165, 1.54) is 11.3 Å². The Morgan fingerprint density at radius 3 is 2.62 bits per heavy atom. The first-order chi connectivity index (χ1) is 11.8. The minimum atomic E-state index is -0.182. The zero-order chi connectivity index (χ0) is 16.8. The molecule has 0 radical (unpaired) electrons. The maximum atomic E-state index is 12.7. The molecular weight excluding hydrogens is 320 g/mol. The number of carbonyl (C=O) groups excluding carboxylic acids is 1. The fourth-order valence-corrected chi connectivity index (χ4v) is 3.21. The maximum absolute atomic E-state index is 12.7. The van der Waals surface area contributed by atoms with E-state index in [2.05, 4.69) is 27.4 Å². The van der Waals surface area contributed by atoms with Crippen LogP contribution in [-0.2, 0) is 4.79 Å². The van der Waals surface area contributed by atoms with Crippen LogP contribution < -0.4 is 5.32 Å². The number of nitrogens with one attached hydrogen (secondary N) is 1. The monoisotopic (exact) mass is 338 g/mol. The summed E-state index contributed by atoms with van der Waals surface area (Å²) < 4.78 is 0. The first-order valence-corrected chi connectivity index (χ1v) is 8.70. The molecule has 2 aromatic heterocycles. The van der Waals surface area contributed by atoms with Gasteiger partial charge in [-0.3, -0.25) is 15.1 Å². The van der Waals surface area contributed by atoms with E-state index in [0.29, 0.717) is 10.1 Å². The molecule has 0 unspecified atom stereocenters. The normalized spacial score (nSPS) is 11.9. The molecule has 5 nitrogen and oxygen atoms in total. The number of hydrogen-bond donors (Lipinski definition) is 1. The first-order valence-electron chi connectivity index (χ1n) is 7.88. The third kappa shape index (κ3) is 3.83. The minimum absolute atomic E-state index is 0.0493. The summed E-state index contributed by atoms with van der Waals surface area (Å²) in [5.41, 5.74) is 1.77. The Morgan fingerprint density at radius 1 is 1.12 bits per heavy atom. The number of anilines is 1. The number of amides is 1. The molecule has 2 heterocycles. The van der Waals surface area contributed by atoms with Crippen LogP contribution >= 0.6 is 11.3 Å². The van der Waals surface area contributed by atoms with Crippen LogP contribution in [0, 0.1) is 0 Å². The molecule has 0 bridgehead atoms. The predicted octanol–water partition coefficient (Wildman–Crippen LogP) is 4.12. The molecule has 3 aromatic rings. The van der Waals surface area contributed by atoms with Crippen molar-refractivity contribution in [2.45, 2.75) is 25.7 Å². The molecule has 24 heavy (non-hydrogen) atoms. The van der Waals surface area contributed by atoms with Crippen molar-refractivity contribution in [2.75, 3.05) is 5.32 Å². The first kappa shape index (κ1) is 16.3. The zero-order valence-electron chi connectivity index (χ0n) is 13.3. The Balaban J connectivity index is 1.75. The number of rotatable bonds is 6. The molecule has 1 aromatic carbocycles. The Morgan fingerprint density at radius 2 is 1.92 bits per heavy atom. The number of carbonyl (C=O) groups is 1. The molecule has 0 saturated heterocycles. The van der Waals surface area contributed by atoms with Gasteiger partial charge in [-0.25, -0.2) is 0 Å². The summed E-state index contributed by atoms with van der Waals surface area (Å²) in [7, 11) is 0. The third-order valence-electron chi connectivity index (χ3n) is 3.63. The highest BCUT2D eigenvalue weighted by Crippen LogP contribution is 2.27. The van der Waals surface area contributed by atoms with Gasteiger partial charge in [0.25, 0.3) is 0 Å². The van der Waals surface area contributed by atoms with E-state index in [1.54, 1.807) is 6.20 Å². The molecule has 0 aliphatic heterocycles. The van der Waals surface area contributed by atoms with Crippen LogP contribution in [0.15, 0.2) is 54.7 Å². The van der Waals surface area contributed by atoms with Crippen LogP contribution in [0.4, 0.5) is 5.13 Å². The predicted molar refractivity (Wildman–Crippen MR) is 95.9 cm³/mol. The number of benzene rings is 1. The lowest BCUT2D eigenvalue weighted by molar-refractivity contribution is -0.117. The van der Waals surface area contributed by atoms with Crippen LogP contribution in [-0.4, -0.2) is 21.1 Å². The van der Waals surface area contributed by atoms with Crippen LogP contribution in [0.25, 0.3) is 10.7 Å². The molecule has 0 saturated carbocycles. The highest BCUT2D eigenvalue weighted by Gasteiger charge is 2.21. The summed E-state index contributed by atoms with van der Waals surface area (Å²) >= 11 is 1.33. The average molecular weight is 338 g/mol. The Hall–Kier alpha value is -2.60. The summed E-state index contributed by atoms with van der Waals surface area (Å²) in [4.78, 5) is 16.9. The molecule has 122 valence electrons. The SMILES string of the molecule is CCC[C@@H](C(=O)Nc1nnc(-c2ccccn2)s1)c1ccccc1. The van der Waals surface area contributed by atoms with Crippen LogP contribution in [0.3, 0.4) is 0 Å². The van der Waals surface area contributed by atoms with E-state index in [1.807, 2.05) is 48.5 Å². The summed E-state index contributed by atoms with van der Waals surface area (Å²) in [6.07, 6.45) is 3.44. The summed E-state index contributed by atoms with van der Waals surface area (Å²) in [6.45, 7) is 2.08. The smallest absolute Gasteiger partial charge is 0.233 e. The fourth-order valence-electron chi connectivity index (χ4n) is 2.48. The standard InChI is InChI=1S/C18H18N4OS/c1-2-8-14(13-9-4-3-5-10-13)16(23)20-18-22-21-17(24-18)15-11-6-7-12-19-15/h3-7,9-12,14H,2,8H2,1H3,(H,20,22,23)/t14-/m1/s1. The lowest BCUT2D eigenvalue weighted by Gasteiger charge is -2.15. The van der Waals surface area contributed by atoms with Crippen molar-refractivity contribution in [1.29, 1.82) is 0 Å². The van der Waals surface area contributed by atoms with Crippen LogP contribution in [0.5, 0.6) is 0 Å². The van der Waals surface area contributed by atoms with Crippen molar-refractivity contribution in [3.8, 4) is 10.7 Å². The van der Waals surface area contributed by atoms with Crippen LogP contribution in [0.1, 0.15) is 31.2 Å². The van der Waals surface area contributed by atoms with Gasteiger partial charge in [0.1, 0.15) is 5.69 Å². The summed E-state index contributed by atoms with van der Waals surface area (Å²) in [5, 5.41) is 12.3. The minimum Gasteiger partial charge on any atom is -0.300 e. The van der Waals surface area contributed by atoms with Gasteiger partial charge in [0, 0.05) is 6.20 Å². The van der Waals surface area contributed by atoms with E-state index in [9.17, 15) is 4.79 Å². The molecule has 1 N–H and O–H groups in total. The quantitative estimate of drug-likeness (QED) is 0.734. The van der Waals surface area contributed by atoms with E-state index >= 15 is 0 Å². The van der Waals surface area contributed by atoms with Gasteiger partial charge in [-0.15, -0.1) is 10.2 Å². The highest BCUT2D eigenvalue weighted by molar-refractivity contribution is 7.18. The van der Waals surface area contributed by atoms with Crippen LogP contribution in [0.2, 0.25) is 0 Å². The van der Waals surface area contributed by atoms with E-state index < -0.39 is 0 Å². The second-order valence-corrected chi connectivity index (χ2v) is 6.35. The van der Waals surface area contributed by atoms with Crippen molar-refractivity contribution >= 4 is 22.4 Å². The Kier molecular flexibility index (Phi) is 5.28. The highest BCUT2D eigenvalue weighted by atomic mass is 32.1. The summed E-state index contributed by atoms with van der Waals surface area (Å²) in [5.74, 6) is -0.231.